The van der Waals surface area contributed by atoms with Gasteiger partial charge in [-0.15, -0.1) is 24.0 Å². The van der Waals surface area contributed by atoms with E-state index in [1.54, 1.807) is 6.92 Å². The van der Waals surface area contributed by atoms with Gasteiger partial charge in [0.05, 0.1) is 19.8 Å². The number of rotatable bonds is 7. The number of hydrogen-bond acceptors (Lipinski definition) is 3. The molecule has 6 nitrogen and oxygen atoms in total. The molecule has 1 fully saturated rings. The van der Waals surface area contributed by atoms with Crippen molar-refractivity contribution in [1.82, 2.24) is 15.1 Å². The summed E-state index contributed by atoms with van der Waals surface area (Å²) in [6.45, 7) is 9.43. The molecular weight excluding hydrogens is 503 g/mol. The number of hydrogen-bond donors (Lipinski definition) is 1. The predicted octanol–water partition coefficient (Wildman–Crippen LogP) is 3.65. The first-order valence-electron chi connectivity index (χ1n) is 10.6. The Bertz CT molecular complexity index is 836. The molecule has 0 radical (unpaired) electrons. The van der Waals surface area contributed by atoms with Gasteiger partial charge in [-0.2, -0.15) is 0 Å². The van der Waals surface area contributed by atoms with Gasteiger partial charge in [0, 0.05) is 39.6 Å². The standard InChI is InChI=1S/C24H32N4O2.HI/c1-3-25-24(28-14-12-27(13-15-28)20(2)29)26-17-22-10-7-11-23(16-22)19-30-18-21-8-5-4-6-9-21;/h4-11,16H,3,12-15,17-19H2,1-2H3,(H,25,26);1H. The molecule has 0 atom stereocenters. The van der Waals surface area contributed by atoms with Crippen LogP contribution in [-0.2, 0) is 29.3 Å². The van der Waals surface area contributed by atoms with Crippen LogP contribution < -0.4 is 5.32 Å². The lowest BCUT2D eigenvalue weighted by Gasteiger charge is -2.36. The van der Waals surface area contributed by atoms with Crippen LogP contribution in [0.1, 0.15) is 30.5 Å². The molecule has 1 amide bonds. The van der Waals surface area contributed by atoms with E-state index < -0.39 is 0 Å². The minimum absolute atomic E-state index is 0. The Kier molecular flexibility index (Phi) is 10.8. The highest BCUT2D eigenvalue weighted by molar-refractivity contribution is 14.0. The average molecular weight is 536 g/mol. The minimum atomic E-state index is 0. The largest absolute Gasteiger partial charge is 0.372 e. The third kappa shape index (κ3) is 8.14. The highest BCUT2D eigenvalue weighted by Crippen LogP contribution is 2.11. The number of guanidine groups is 1. The van der Waals surface area contributed by atoms with Gasteiger partial charge >= 0.3 is 0 Å². The fourth-order valence-electron chi connectivity index (χ4n) is 3.50. The van der Waals surface area contributed by atoms with Crippen LogP contribution in [-0.4, -0.2) is 54.4 Å². The summed E-state index contributed by atoms with van der Waals surface area (Å²) < 4.78 is 5.86. The van der Waals surface area contributed by atoms with Crippen LogP contribution in [0, 0.1) is 0 Å². The maximum Gasteiger partial charge on any atom is 0.219 e. The fourth-order valence-corrected chi connectivity index (χ4v) is 3.50. The number of halogens is 1. The molecule has 0 unspecified atom stereocenters. The first-order valence-corrected chi connectivity index (χ1v) is 10.6. The van der Waals surface area contributed by atoms with Gasteiger partial charge in [-0.25, -0.2) is 4.99 Å². The van der Waals surface area contributed by atoms with Crippen LogP contribution in [0.5, 0.6) is 0 Å². The van der Waals surface area contributed by atoms with Crippen LogP contribution in [0.3, 0.4) is 0 Å². The van der Waals surface area contributed by atoms with E-state index in [0.29, 0.717) is 19.8 Å². The number of nitrogens with zero attached hydrogens (tertiary/aromatic N) is 3. The number of aliphatic imine (C=N–C) groups is 1. The Morgan fingerprint density at radius 1 is 0.935 bits per heavy atom. The molecule has 3 rings (SSSR count). The number of ether oxygens (including phenoxy) is 1. The van der Waals surface area contributed by atoms with Crippen molar-refractivity contribution in [3.8, 4) is 0 Å². The van der Waals surface area contributed by atoms with E-state index in [9.17, 15) is 4.79 Å². The molecule has 1 saturated heterocycles. The molecule has 0 bridgehead atoms. The highest BCUT2D eigenvalue weighted by Gasteiger charge is 2.20. The topological polar surface area (TPSA) is 57.2 Å². The Morgan fingerprint density at radius 2 is 1.55 bits per heavy atom. The van der Waals surface area contributed by atoms with Crippen molar-refractivity contribution in [3.63, 3.8) is 0 Å². The molecule has 1 N–H and O–H groups in total. The summed E-state index contributed by atoms with van der Waals surface area (Å²) in [5.74, 6) is 1.05. The van der Waals surface area contributed by atoms with Crippen LogP contribution in [0.2, 0.25) is 0 Å². The second-order valence-electron chi connectivity index (χ2n) is 7.46. The predicted molar refractivity (Wildman–Crippen MR) is 135 cm³/mol. The summed E-state index contributed by atoms with van der Waals surface area (Å²) in [4.78, 5) is 20.5. The maximum atomic E-state index is 11.6. The van der Waals surface area contributed by atoms with E-state index in [2.05, 4.69) is 53.5 Å². The smallest absolute Gasteiger partial charge is 0.219 e. The van der Waals surface area contributed by atoms with Crippen molar-refractivity contribution >= 4 is 35.8 Å². The van der Waals surface area contributed by atoms with E-state index in [4.69, 9.17) is 9.73 Å². The van der Waals surface area contributed by atoms with Crippen molar-refractivity contribution < 1.29 is 9.53 Å². The highest BCUT2D eigenvalue weighted by atomic mass is 127. The van der Waals surface area contributed by atoms with Gasteiger partial charge in [-0.05, 0) is 23.6 Å². The van der Waals surface area contributed by atoms with Gasteiger partial charge in [0.25, 0.3) is 0 Å². The zero-order valence-corrected chi connectivity index (χ0v) is 20.7. The summed E-state index contributed by atoms with van der Waals surface area (Å²) in [5.41, 5.74) is 3.49. The Labute approximate surface area is 202 Å². The quantitative estimate of drug-likeness (QED) is 0.334. The molecule has 168 valence electrons. The second-order valence-corrected chi connectivity index (χ2v) is 7.46. The molecule has 1 heterocycles. The first kappa shape index (κ1) is 25.1. The first-order chi connectivity index (χ1) is 14.7. The Balaban J connectivity index is 0.00000341. The average Bonchev–Trinajstić information content (AvgIpc) is 2.78. The van der Waals surface area contributed by atoms with Crippen molar-refractivity contribution in [2.24, 2.45) is 4.99 Å². The van der Waals surface area contributed by atoms with E-state index in [-0.39, 0.29) is 29.9 Å². The molecule has 0 aromatic heterocycles. The molecule has 2 aromatic rings. The monoisotopic (exact) mass is 536 g/mol. The summed E-state index contributed by atoms with van der Waals surface area (Å²) in [5, 5.41) is 3.38. The van der Waals surface area contributed by atoms with Gasteiger partial charge in [0.15, 0.2) is 5.96 Å². The molecule has 0 aliphatic carbocycles. The lowest BCUT2D eigenvalue weighted by atomic mass is 10.1. The molecule has 0 spiro atoms. The van der Waals surface area contributed by atoms with Gasteiger partial charge in [-0.1, -0.05) is 54.6 Å². The van der Waals surface area contributed by atoms with Crippen LogP contribution in [0.4, 0.5) is 0 Å². The summed E-state index contributed by atoms with van der Waals surface area (Å²) in [7, 11) is 0. The van der Waals surface area contributed by atoms with Gasteiger partial charge in [0.1, 0.15) is 0 Å². The molecule has 2 aromatic carbocycles. The van der Waals surface area contributed by atoms with E-state index >= 15 is 0 Å². The lowest BCUT2D eigenvalue weighted by molar-refractivity contribution is -0.130. The number of carbonyl (C=O) groups excluding carboxylic acids is 1. The lowest BCUT2D eigenvalue weighted by Crippen LogP contribution is -2.53. The molecule has 1 aliphatic rings. The molecule has 31 heavy (non-hydrogen) atoms. The van der Waals surface area contributed by atoms with Gasteiger partial charge in [-0.3, -0.25) is 4.79 Å². The normalized spacial score (nSPS) is 14.2. The van der Waals surface area contributed by atoms with E-state index in [0.717, 1.165) is 49.8 Å². The van der Waals surface area contributed by atoms with Crippen molar-refractivity contribution in [3.05, 3.63) is 71.3 Å². The summed E-state index contributed by atoms with van der Waals surface area (Å²) >= 11 is 0. The van der Waals surface area contributed by atoms with Gasteiger partial charge in [0.2, 0.25) is 5.91 Å². The Morgan fingerprint density at radius 3 is 2.23 bits per heavy atom. The van der Waals surface area contributed by atoms with Crippen LogP contribution in [0.25, 0.3) is 0 Å². The third-order valence-corrected chi connectivity index (χ3v) is 5.14. The summed E-state index contributed by atoms with van der Waals surface area (Å²) in [6, 6.07) is 18.6. The fraction of sp³-hybridized carbons (Fsp3) is 0.417. The number of nitrogens with one attached hydrogen (secondary N) is 1. The van der Waals surface area contributed by atoms with Crippen LogP contribution in [0.15, 0.2) is 59.6 Å². The van der Waals surface area contributed by atoms with E-state index in [1.165, 1.54) is 5.56 Å². The molecule has 1 aliphatic heterocycles. The van der Waals surface area contributed by atoms with E-state index in [1.807, 2.05) is 23.1 Å². The molecule has 0 saturated carbocycles. The zero-order chi connectivity index (χ0) is 21.2. The number of benzene rings is 2. The van der Waals surface area contributed by atoms with Gasteiger partial charge < -0.3 is 19.9 Å². The second kappa shape index (κ2) is 13.3. The van der Waals surface area contributed by atoms with Crippen molar-refractivity contribution in [1.29, 1.82) is 0 Å². The SMILES string of the molecule is CCNC(=NCc1cccc(COCc2ccccc2)c1)N1CCN(C(C)=O)CC1.I. The summed E-state index contributed by atoms with van der Waals surface area (Å²) in [6.07, 6.45) is 0. The minimum Gasteiger partial charge on any atom is -0.372 e. The van der Waals surface area contributed by atoms with Crippen molar-refractivity contribution in [2.45, 2.75) is 33.6 Å². The molecular formula is C24H33IN4O2. The number of piperazine rings is 1. The molecule has 7 heteroatoms. The third-order valence-electron chi connectivity index (χ3n) is 5.14. The van der Waals surface area contributed by atoms with Crippen molar-refractivity contribution in [2.75, 3.05) is 32.7 Å². The number of amides is 1. The zero-order valence-electron chi connectivity index (χ0n) is 18.4. The van der Waals surface area contributed by atoms with Crippen LogP contribution >= 0.6 is 24.0 Å². The Hall–Kier alpha value is -2.13. The maximum absolute atomic E-state index is 11.6. The number of carbonyl (C=O) groups is 1.